The second-order valence-electron chi connectivity index (χ2n) is 3.41. The number of carbonyl (C=O) groups excluding carboxylic acids is 1. The van der Waals surface area contributed by atoms with Gasteiger partial charge in [0.1, 0.15) is 0 Å². The van der Waals surface area contributed by atoms with Crippen molar-refractivity contribution in [2.45, 2.75) is 33.1 Å². The van der Waals surface area contributed by atoms with Crippen LogP contribution in [0.15, 0.2) is 0 Å². The molecule has 1 fully saturated rings. The van der Waals surface area contributed by atoms with Crippen molar-refractivity contribution in [1.29, 1.82) is 0 Å². The van der Waals surface area contributed by atoms with E-state index in [-0.39, 0.29) is 11.8 Å². The van der Waals surface area contributed by atoms with Crippen LogP contribution in [0.4, 0.5) is 0 Å². The number of hydrogen-bond donors (Lipinski definition) is 1. The fraction of sp³-hybridized carbons (Fsp3) is 0.889. The molecule has 1 aliphatic heterocycles. The molecule has 3 heteroatoms. The number of hydrogen-bond acceptors (Lipinski definition) is 2. The molecule has 1 heterocycles. The first-order valence-electron chi connectivity index (χ1n) is 4.80. The minimum Gasteiger partial charge on any atom is -0.278 e. The van der Waals surface area contributed by atoms with Gasteiger partial charge in [0.25, 0.3) is 0 Å². The Balaban J connectivity index is 2.39. The first kappa shape index (κ1) is 9.52. The van der Waals surface area contributed by atoms with Gasteiger partial charge in [-0.2, -0.15) is 0 Å². The fourth-order valence-corrected chi connectivity index (χ4v) is 1.32. The number of amides is 1. The molecule has 3 nitrogen and oxygen atoms in total. The molecule has 0 aromatic heterocycles. The predicted molar refractivity (Wildman–Crippen MR) is 48.4 cm³/mol. The zero-order chi connectivity index (χ0) is 8.97. The first-order valence-corrected chi connectivity index (χ1v) is 4.80. The summed E-state index contributed by atoms with van der Waals surface area (Å²) in [7, 11) is 0. The maximum Gasteiger partial charge on any atom is 0.239 e. The number of nitrogens with one attached hydrogen (secondary N) is 1. The van der Waals surface area contributed by atoms with Crippen LogP contribution in [0.25, 0.3) is 0 Å². The van der Waals surface area contributed by atoms with Gasteiger partial charge in [-0.1, -0.05) is 13.8 Å². The Morgan fingerprint density at radius 2 is 2.33 bits per heavy atom. The molecule has 1 N–H and O–H groups in total. The number of rotatable bonds is 2. The Labute approximate surface area is 74.1 Å². The van der Waals surface area contributed by atoms with Crippen LogP contribution in [0.2, 0.25) is 0 Å². The van der Waals surface area contributed by atoms with Gasteiger partial charge in [-0.25, -0.2) is 5.43 Å². The van der Waals surface area contributed by atoms with E-state index in [1.807, 2.05) is 13.8 Å². The van der Waals surface area contributed by atoms with Gasteiger partial charge < -0.3 is 0 Å². The van der Waals surface area contributed by atoms with Gasteiger partial charge in [-0.05, 0) is 19.3 Å². The van der Waals surface area contributed by atoms with E-state index >= 15 is 0 Å². The van der Waals surface area contributed by atoms with Crippen LogP contribution in [0, 0.1) is 5.92 Å². The fourth-order valence-electron chi connectivity index (χ4n) is 1.32. The largest absolute Gasteiger partial charge is 0.278 e. The maximum absolute atomic E-state index is 11.6. The highest BCUT2D eigenvalue weighted by Gasteiger charge is 2.20. The smallest absolute Gasteiger partial charge is 0.239 e. The summed E-state index contributed by atoms with van der Waals surface area (Å²) < 4.78 is 0. The van der Waals surface area contributed by atoms with Gasteiger partial charge in [0.15, 0.2) is 0 Å². The Morgan fingerprint density at radius 3 is 2.83 bits per heavy atom. The van der Waals surface area contributed by atoms with Gasteiger partial charge in [0, 0.05) is 19.0 Å². The summed E-state index contributed by atoms with van der Waals surface area (Å²) in [6.07, 6.45) is 3.25. The maximum atomic E-state index is 11.6. The van der Waals surface area contributed by atoms with E-state index in [1.165, 1.54) is 6.42 Å². The number of carbonyl (C=O) groups is 1. The van der Waals surface area contributed by atoms with E-state index in [9.17, 15) is 4.79 Å². The van der Waals surface area contributed by atoms with E-state index < -0.39 is 0 Å². The Bertz CT molecular complexity index is 153. The molecule has 0 aliphatic carbocycles. The minimum atomic E-state index is 0.163. The normalized spacial score (nSPS) is 20.7. The summed E-state index contributed by atoms with van der Waals surface area (Å²) in [5.74, 6) is 0.410. The molecule has 0 aromatic rings. The lowest BCUT2D eigenvalue weighted by atomic mass is 10.1. The number of nitrogens with zero attached hydrogens (tertiary/aromatic N) is 1. The van der Waals surface area contributed by atoms with Crippen LogP contribution in [0.5, 0.6) is 0 Å². The molecular weight excluding hydrogens is 152 g/mol. The zero-order valence-electron chi connectivity index (χ0n) is 7.97. The Morgan fingerprint density at radius 1 is 1.58 bits per heavy atom. The molecule has 0 saturated carbocycles. The SMILES string of the molecule is CCC(C)C(=O)N1CCCCN1. The standard InChI is InChI=1S/C9H18N2O/c1-3-8(2)9(12)11-7-5-4-6-10-11/h8,10H,3-7H2,1-2H3. The van der Waals surface area contributed by atoms with Crippen LogP contribution >= 0.6 is 0 Å². The van der Waals surface area contributed by atoms with E-state index in [0.29, 0.717) is 0 Å². The van der Waals surface area contributed by atoms with Crippen LogP contribution in [-0.2, 0) is 4.79 Å². The molecule has 1 saturated heterocycles. The first-order chi connectivity index (χ1) is 5.75. The monoisotopic (exact) mass is 170 g/mol. The average Bonchev–Trinajstić information content (AvgIpc) is 2.17. The summed E-state index contributed by atoms with van der Waals surface area (Å²) in [5.41, 5.74) is 3.12. The third-order valence-corrected chi connectivity index (χ3v) is 2.41. The van der Waals surface area contributed by atoms with Crippen molar-refractivity contribution >= 4 is 5.91 Å². The lowest BCUT2D eigenvalue weighted by Gasteiger charge is -2.29. The van der Waals surface area contributed by atoms with Gasteiger partial charge in [0.2, 0.25) is 5.91 Å². The van der Waals surface area contributed by atoms with Crippen LogP contribution in [0.1, 0.15) is 33.1 Å². The predicted octanol–water partition coefficient (Wildman–Crippen LogP) is 1.16. The lowest BCUT2D eigenvalue weighted by molar-refractivity contribution is -0.139. The molecular formula is C9H18N2O. The van der Waals surface area contributed by atoms with Crippen LogP contribution < -0.4 is 5.43 Å². The molecule has 70 valence electrons. The van der Waals surface area contributed by atoms with Crippen molar-refractivity contribution in [3.8, 4) is 0 Å². The topological polar surface area (TPSA) is 32.3 Å². The van der Waals surface area contributed by atoms with Gasteiger partial charge >= 0.3 is 0 Å². The lowest BCUT2D eigenvalue weighted by Crippen LogP contribution is -2.48. The number of hydrazine groups is 1. The molecule has 0 bridgehead atoms. The third-order valence-electron chi connectivity index (χ3n) is 2.41. The Hall–Kier alpha value is -0.570. The molecule has 1 aliphatic rings. The van der Waals surface area contributed by atoms with Crippen molar-refractivity contribution in [2.24, 2.45) is 5.92 Å². The zero-order valence-corrected chi connectivity index (χ0v) is 7.97. The quantitative estimate of drug-likeness (QED) is 0.674. The molecule has 12 heavy (non-hydrogen) atoms. The summed E-state index contributed by atoms with van der Waals surface area (Å²) in [4.78, 5) is 11.6. The highest BCUT2D eigenvalue weighted by atomic mass is 16.2. The van der Waals surface area contributed by atoms with E-state index in [2.05, 4.69) is 5.43 Å². The summed E-state index contributed by atoms with van der Waals surface area (Å²) in [6, 6.07) is 0. The van der Waals surface area contributed by atoms with Crippen molar-refractivity contribution in [2.75, 3.05) is 13.1 Å². The summed E-state index contributed by atoms with van der Waals surface area (Å²) in [5, 5.41) is 1.78. The van der Waals surface area contributed by atoms with Crippen molar-refractivity contribution in [1.82, 2.24) is 10.4 Å². The van der Waals surface area contributed by atoms with E-state index in [4.69, 9.17) is 0 Å². The highest BCUT2D eigenvalue weighted by Crippen LogP contribution is 2.08. The van der Waals surface area contributed by atoms with Gasteiger partial charge in [-0.15, -0.1) is 0 Å². The van der Waals surface area contributed by atoms with Gasteiger partial charge in [0.05, 0.1) is 0 Å². The molecule has 1 atom stereocenters. The van der Waals surface area contributed by atoms with Crippen LogP contribution in [0.3, 0.4) is 0 Å². The summed E-state index contributed by atoms with van der Waals surface area (Å²) in [6.45, 7) is 5.86. The summed E-state index contributed by atoms with van der Waals surface area (Å²) >= 11 is 0. The van der Waals surface area contributed by atoms with Crippen molar-refractivity contribution in [3.05, 3.63) is 0 Å². The highest BCUT2D eigenvalue weighted by molar-refractivity contribution is 5.77. The molecule has 1 rings (SSSR count). The van der Waals surface area contributed by atoms with E-state index in [1.54, 1.807) is 5.01 Å². The van der Waals surface area contributed by atoms with Crippen molar-refractivity contribution < 1.29 is 4.79 Å². The molecule has 0 aromatic carbocycles. The minimum absolute atomic E-state index is 0.163. The second-order valence-corrected chi connectivity index (χ2v) is 3.41. The van der Waals surface area contributed by atoms with E-state index in [0.717, 1.165) is 25.9 Å². The van der Waals surface area contributed by atoms with Gasteiger partial charge in [-0.3, -0.25) is 9.80 Å². The second kappa shape index (κ2) is 4.45. The van der Waals surface area contributed by atoms with Crippen molar-refractivity contribution in [3.63, 3.8) is 0 Å². The van der Waals surface area contributed by atoms with Crippen LogP contribution in [-0.4, -0.2) is 24.0 Å². The third kappa shape index (κ3) is 2.21. The molecule has 0 spiro atoms. The molecule has 1 amide bonds. The average molecular weight is 170 g/mol. The Kier molecular flexibility index (Phi) is 3.53. The molecule has 1 unspecified atom stereocenters. The molecule has 0 radical (unpaired) electrons.